The van der Waals surface area contributed by atoms with Gasteiger partial charge in [-0.15, -0.1) is 0 Å². The van der Waals surface area contributed by atoms with E-state index in [4.69, 9.17) is 17.2 Å². The quantitative estimate of drug-likeness (QED) is 0.131. The molecule has 0 heterocycles. The Bertz CT molecular complexity index is 2070. The minimum absolute atomic E-state index is 0.0783. The summed E-state index contributed by atoms with van der Waals surface area (Å²) in [6, 6.07) is 30.4. The summed E-state index contributed by atoms with van der Waals surface area (Å²) in [5, 5.41) is 6.59. The number of nitrogens with one attached hydrogen (secondary N) is 2. The van der Waals surface area contributed by atoms with Gasteiger partial charge in [0, 0.05) is 0 Å². The van der Waals surface area contributed by atoms with Crippen LogP contribution in [0.2, 0.25) is 0 Å². The van der Waals surface area contributed by atoms with Crippen LogP contribution in [0.4, 0.5) is 0 Å². The SMILES string of the molecule is CCC(=O)N[B](NC(=O)CC)[Hf]([Cl])([Cl])([CH]1C(C(C)C)=Cc2c(-c3ccccc3C(C)C)cccc21)[CH]1C(C(C)C)=Cc2c(-c3ccccc3C(C)C)cccc21. The molecule has 0 bridgehead atoms. The van der Waals surface area contributed by atoms with Gasteiger partial charge in [-0.2, -0.15) is 0 Å². The number of rotatable bonds is 13. The third-order valence-corrected chi connectivity index (χ3v) is 40.5. The first-order valence-electron chi connectivity index (χ1n) is 20.6. The summed E-state index contributed by atoms with van der Waals surface area (Å²) in [7, 11) is 17.9. The van der Waals surface area contributed by atoms with Gasteiger partial charge >= 0.3 is 346 Å². The molecule has 56 heavy (non-hydrogen) atoms. The number of carbonyl (C=O) groups excluding carboxylic acids is 2. The number of allylic oxidation sites excluding steroid dienone is 2. The average Bonchev–Trinajstić information content (AvgIpc) is 3.79. The molecule has 0 spiro atoms. The molecule has 2 aliphatic rings. The first-order chi connectivity index (χ1) is 26.5. The van der Waals surface area contributed by atoms with E-state index in [-0.39, 0.29) is 36.5 Å². The normalized spacial score (nSPS) is 17.0. The molecule has 2 atom stereocenters. The van der Waals surface area contributed by atoms with Crippen molar-refractivity contribution in [3.63, 3.8) is 0 Å². The van der Waals surface area contributed by atoms with E-state index in [2.05, 4.69) is 163 Å². The summed E-state index contributed by atoms with van der Waals surface area (Å²) < 4.78 is -1.79. The van der Waals surface area contributed by atoms with Crippen molar-refractivity contribution in [2.45, 2.75) is 101 Å². The van der Waals surface area contributed by atoms with Crippen LogP contribution >= 0.6 is 17.2 Å². The number of hydrogen-bond acceptors (Lipinski definition) is 2. The fourth-order valence-corrected chi connectivity index (χ4v) is 39.5. The van der Waals surface area contributed by atoms with E-state index in [0.717, 1.165) is 44.5 Å². The number of carbonyl (C=O) groups is 2. The Kier molecular flexibility index (Phi) is 12.6. The van der Waals surface area contributed by atoms with Gasteiger partial charge in [0.05, 0.1) is 0 Å². The van der Waals surface area contributed by atoms with Crippen molar-refractivity contribution < 1.29 is 25.5 Å². The second-order valence-electron chi connectivity index (χ2n) is 17.1. The van der Waals surface area contributed by atoms with Crippen molar-refractivity contribution in [2.24, 2.45) is 11.8 Å². The zero-order valence-electron chi connectivity index (χ0n) is 34.8. The Morgan fingerprint density at radius 3 is 1.25 bits per heavy atom. The van der Waals surface area contributed by atoms with Crippen LogP contribution in [0.15, 0.2) is 96.1 Å². The molecule has 0 radical (unpaired) electrons. The zero-order valence-corrected chi connectivity index (χ0v) is 39.9. The summed E-state index contributed by atoms with van der Waals surface area (Å²) in [6.45, 7) is 21.4. The van der Waals surface area contributed by atoms with Gasteiger partial charge in [-0.25, -0.2) is 0 Å². The van der Waals surface area contributed by atoms with Crippen molar-refractivity contribution >= 4 is 45.7 Å². The van der Waals surface area contributed by atoms with E-state index in [1.54, 1.807) is 0 Å². The maximum absolute atomic E-state index is 13.7. The van der Waals surface area contributed by atoms with Gasteiger partial charge < -0.3 is 0 Å². The number of fused-ring (bicyclic) bond motifs is 2. The van der Waals surface area contributed by atoms with Crippen LogP contribution in [0.5, 0.6) is 0 Å². The maximum atomic E-state index is 13.7. The monoisotopic (exact) mass is 955 g/mol. The van der Waals surface area contributed by atoms with E-state index < -0.39 is 27.8 Å². The van der Waals surface area contributed by atoms with Crippen LogP contribution in [0.1, 0.15) is 135 Å². The molecule has 0 aromatic heterocycles. The van der Waals surface area contributed by atoms with Gasteiger partial charge in [0.15, 0.2) is 0 Å². The molecule has 8 heteroatoms. The fourth-order valence-electron chi connectivity index (χ4n) is 9.38. The second kappa shape index (κ2) is 16.6. The summed E-state index contributed by atoms with van der Waals surface area (Å²) in [5.74, 6) is 0.402. The molecule has 0 aliphatic heterocycles. The molecule has 2 N–H and O–H groups in total. The molecule has 2 unspecified atom stereocenters. The molecule has 4 aromatic rings. The number of hydrogen-bond donors (Lipinski definition) is 2. The number of benzene rings is 4. The van der Waals surface area contributed by atoms with Gasteiger partial charge in [0.25, 0.3) is 0 Å². The Balaban J connectivity index is 1.73. The van der Waals surface area contributed by atoms with Gasteiger partial charge in [-0.05, 0) is 0 Å². The van der Waals surface area contributed by atoms with Crippen molar-refractivity contribution in [3.8, 4) is 22.3 Å². The van der Waals surface area contributed by atoms with Crippen LogP contribution in [0.3, 0.4) is 0 Å². The Hall–Kier alpha value is -3.18. The van der Waals surface area contributed by atoms with Crippen LogP contribution in [0, 0.1) is 11.8 Å². The molecule has 0 saturated heterocycles. The van der Waals surface area contributed by atoms with Crippen LogP contribution in [-0.2, 0) is 25.5 Å². The Morgan fingerprint density at radius 2 is 0.911 bits per heavy atom. The molecule has 6 rings (SSSR count). The van der Waals surface area contributed by atoms with Gasteiger partial charge in [0.2, 0.25) is 0 Å². The van der Waals surface area contributed by atoms with Gasteiger partial charge in [-0.1, -0.05) is 0 Å². The summed E-state index contributed by atoms with van der Waals surface area (Å²) >= 11 is -6.23. The molecule has 0 saturated carbocycles. The van der Waals surface area contributed by atoms with E-state index in [1.165, 1.54) is 22.3 Å². The number of halogens is 2. The number of amides is 2. The van der Waals surface area contributed by atoms with E-state index in [0.29, 0.717) is 11.8 Å². The first kappa shape index (κ1) is 42.4. The molecule has 2 amide bonds. The Morgan fingerprint density at radius 1 is 0.554 bits per heavy atom. The van der Waals surface area contributed by atoms with Gasteiger partial charge in [0.1, 0.15) is 0 Å². The topological polar surface area (TPSA) is 58.2 Å². The first-order valence-corrected chi connectivity index (χ1v) is 35.7. The molecule has 4 aromatic carbocycles. The molecule has 4 nitrogen and oxygen atoms in total. The molecule has 293 valence electrons. The van der Waals surface area contributed by atoms with E-state index in [1.807, 2.05) is 13.8 Å². The van der Waals surface area contributed by atoms with Crippen molar-refractivity contribution in [1.82, 2.24) is 10.5 Å². The third-order valence-electron chi connectivity index (χ3n) is 12.2. The molecule has 2 aliphatic carbocycles. The van der Waals surface area contributed by atoms with E-state index >= 15 is 0 Å². The Labute approximate surface area is 344 Å². The predicted octanol–water partition coefficient (Wildman–Crippen LogP) is 13.2. The van der Waals surface area contributed by atoms with Crippen molar-refractivity contribution in [1.29, 1.82) is 0 Å². The van der Waals surface area contributed by atoms with Crippen molar-refractivity contribution in [3.05, 3.63) is 129 Å². The standard InChI is InChI=1S/2C21H23.C6H11BN2O2.2ClH.Hf/c2*1-14(2)17-12-16-8-7-11-20(21(16)13-17)19-10-6-5-9-18(19)15(3)4;1-3-5(10)8-7-9-6(11)4-2;;;/h2*5-15H,1-4H3;3-4H2,1-2H3,(H-,8,9,10,11);2*1H;/q;;;;;+1/p-1. The average molecular weight is 955 g/mol. The second-order valence-corrected chi connectivity index (χ2v) is 47.5. The van der Waals surface area contributed by atoms with Gasteiger partial charge in [-0.3, -0.25) is 0 Å². The summed E-state index contributed by atoms with van der Waals surface area (Å²) in [6.07, 6.45) is 5.13. The summed E-state index contributed by atoms with van der Waals surface area (Å²) in [5.41, 5.74) is 13.9. The summed E-state index contributed by atoms with van der Waals surface area (Å²) in [4.78, 5) is 27.5. The predicted molar refractivity (Wildman–Crippen MR) is 237 cm³/mol. The van der Waals surface area contributed by atoms with Crippen LogP contribution in [-0.4, -0.2) is 16.4 Å². The minimum atomic E-state index is -6.23. The van der Waals surface area contributed by atoms with Crippen LogP contribution < -0.4 is 10.5 Å². The fraction of sp³-hybridized carbons (Fsp3) is 0.375. The molecule has 0 fully saturated rings. The molecular weight excluding hydrogens is 897 g/mol. The van der Waals surface area contributed by atoms with Crippen molar-refractivity contribution in [2.75, 3.05) is 0 Å². The van der Waals surface area contributed by atoms with E-state index in [9.17, 15) is 9.59 Å². The zero-order chi connectivity index (χ0) is 40.7. The van der Waals surface area contributed by atoms with Crippen LogP contribution in [0.25, 0.3) is 34.4 Å². The third kappa shape index (κ3) is 7.37. The molecular formula is C48H58BCl2HfN2O2.